The Morgan fingerprint density at radius 3 is 2.40 bits per heavy atom. The van der Waals surface area contributed by atoms with Crippen molar-refractivity contribution in [3.05, 3.63) is 51.4 Å². The van der Waals surface area contributed by atoms with E-state index in [-0.39, 0.29) is 11.1 Å². The molecule has 2 aromatic rings. The average molecular weight is 427 g/mol. The third kappa shape index (κ3) is 3.45. The lowest BCUT2D eigenvalue weighted by Crippen LogP contribution is -2.36. The molecule has 1 aliphatic carbocycles. The van der Waals surface area contributed by atoms with Gasteiger partial charge in [-0.25, -0.2) is 0 Å². The van der Waals surface area contributed by atoms with Crippen molar-refractivity contribution in [2.45, 2.75) is 19.3 Å². The SMILES string of the molecule is NC(=O)c1c(NC(=O)COC(=O)CN2C(=O)c3ccccc3C2=O)sc2c1CCC2. The van der Waals surface area contributed by atoms with E-state index in [1.165, 1.54) is 23.5 Å². The second-order valence-corrected chi connectivity index (χ2v) is 7.98. The second kappa shape index (κ2) is 7.71. The van der Waals surface area contributed by atoms with Crippen LogP contribution in [0.25, 0.3) is 0 Å². The van der Waals surface area contributed by atoms with Crippen molar-refractivity contribution in [1.82, 2.24) is 4.90 Å². The molecule has 1 aliphatic heterocycles. The first kappa shape index (κ1) is 19.8. The van der Waals surface area contributed by atoms with E-state index < -0.39 is 42.7 Å². The molecule has 9 nitrogen and oxygen atoms in total. The molecule has 4 amide bonds. The monoisotopic (exact) mass is 427 g/mol. The maximum atomic E-state index is 12.3. The molecule has 154 valence electrons. The molecular weight excluding hydrogens is 410 g/mol. The Balaban J connectivity index is 1.34. The molecule has 0 unspecified atom stereocenters. The van der Waals surface area contributed by atoms with Gasteiger partial charge >= 0.3 is 5.97 Å². The van der Waals surface area contributed by atoms with E-state index in [1.807, 2.05) is 0 Å². The summed E-state index contributed by atoms with van der Waals surface area (Å²) in [6.45, 7) is -1.22. The summed E-state index contributed by atoms with van der Waals surface area (Å²) in [4.78, 5) is 62.3. The standard InChI is InChI=1S/C20H17N3O6S/c21-17(26)16-12-6-3-7-13(12)30-18(16)22-14(24)9-29-15(25)8-23-19(27)10-4-1-2-5-11(10)20(23)28/h1-2,4-5H,3,6-9H2,(H2,21,26)(H,22,24). The topological polar surface area (TPSA) is 136 Å². The number of nitrogens with one attached hydrogen (secondary N) is 1. The van der Waals surface area contributed by atoms with Gasteiger partial charge in [0.2, 0.25) is 0 Å². The van der Waals surface area contributed by atoms with Crippen LogP contribution in [0.3, 0.4) is 0 Å². The number of nitrogens with zero attached hydrogens (tertiary/aromatic N) is 1. The molecule has 30 heavy (non-hydrogen) atoms. The first-order chi connectivity index (χ1) is 14.4. The number of imide groups is 1. The summed E-state index contributed by atoms with van der Waals surface area (Å²) in [7, 11) is 0. The van der Waals surface area contributed by atoms with Crippen LogP contribution in [0.4, 0.5) is 5.00 Å². The molecule has 2 heterocycles. The molecule has 0 saturated heterocycles. The molecule has 3 N–H and O–H groups in total. The van der Waals surface area contributed by atoms with E-state index >= 15 is 0 Å². The van der Waals surface area contributed by atoms with Crippen LogP contribution in [0, 0.1) is 0 Å². The first-order valence-electron chi connectivity index (χ1n) is 9.22. The lowest BCUT2D eigenvalue weighted by molar-refractivity contribution is -0.147. The van der Waals surface area contributed by atoms with E-state index in [9.17, 15) is 24.0 Å². The van der Waals surface area contributed by atoms with Crippen molar-refractivity contribution in [1.29, 1.82) is 0 Å². The number of esters is 1. The Morgan fingerprint density at radius 2 is 1.77 bits per heavy atom. The third-order valence-electron chi connectivity index (χ3n) is 4.95. The zero-order chi connectivity index (χ0) is 21.4. The van der Waals surface area contributed by atoms with Gasteiger partial charge in [-0.15, -0.1) is 11.3 Å². The first-order valence-corrected chi connectivity index (χ1v) is 10.0. The minimum atomic E-state index is -0.900. The number of hydrogen-bond donors (Lipinski definition) is 2. The maximum absolute atomic E-state index is 12.3. The van der Waals surface area contributed by atoms with E-state index in [4.69, 9.17) is 10.5 Å². The fraction of sp³-hybridized carbons (Fsp3) is 0.250. The van der Waals surface area contributed by atoms with Gasteiger partial charge in [0.05, 0.1) is 16.7 Å². The van der Waals surface area contributed by atoms with Gasteiger partial charge in [0.1, 0.15) is 11.5 Å². The predicted molar refractivity (Wildman–Crippen MR) is 106 cm³/mol. The van der Waals surface area contributed by atoms with Crippen molar-refractivity contribution < 1.29 is 28.7 Å². The van der Waals surface area contributed by atoms with Gasteiger partial charge in [-0.05, 0) is 37.0 Å². The number of fused-ring (bicyclic) bond motifs is 2. The van der Waals surface area contributed by atoms with Crippen LogP contribution in [0.2, 0.25) is 0 Å². The van der Waals surface area contributed by atoms with Crippen molar-refractivity contribution in [3.8, 4) is 0 Å². The molecule has 0 fully saturated rings. The van der Waals surface area contributed by atoms with Gasteiger partial charge in [0, 0.05) is 4.88 Å². The van der Waals surface area contributed by atoms with Crippen molar-refractivity contribution in [2.24, 2.45) is 5.73 Å². The summed E-state index contributed by atoms with van der Waals surface area (Å²) in [5, 5.41) is 2.90. The van der Waals surface area contributed by atoms with Crippen LogP contribution in [0.15, 0.2) is 24.3 Å². The molecular formula is C20H17N3O6S. The normalized spacial score (nSPS) is 14.5. The molecule has 0 bridgehead atoms. The number of rotatable bonds is 6. The Morgan fingerprint density at radius 1 is 1.10 bits per heavy atom. The lowest BCUT2D eigenvalue weighted by atomic mass is 10.1. The van der Waals surface area contributed by atoms with Gasteiger partial charge in [-0.3, -0.25) is 28.9 Å². The fourth-order valence-corrected chi connectivity index (χ4v) is 4.93. The molecule has 0 spiro atoms. The minimum absolute atomic E-state index is 0.220. The Kier molecular flexibility index (Phi) is 5.08. The number of benzene rings is 1. The largest absolute Gasteiger partial charge is 0.454 e. The van der Waals surface area contributed by atoms with Crippen molar-refractivity contribution in [2.75, 3.05) is 18.5 Å². The van der Waals surface area contributed by atoms with E-state index in [1.54, 1.807) is 12.1 Å². The zero-order valence-corrected chi connectivity index (χ0v) is 16.5. The number of anilines is 1. The molecule has 2 aliphatic rings. The van der Waals surface area contributed by atoms with Crippen LogP contribution >= 0.6 is 11.3 Å². The second-order valence-electron chi connectivity index (χ2n) is 6.88. The smallest absolute Gasteiger partial charge is 0.326 e. The summed E-state index contributed by atoms with van der Waals surface area (Å²) < 4.78 is 4.90. The molecule has 1 aromatic carbocycles. The molecule has 0 radical (unpaired) electrons. The van der Waals surface area contributed by atoms with Crippen LogP contribution in [-0.2, 0) is 27.2 Å². The predicted octanol–water partition coefficient (Wildman–Crippen LogP) is 1.11. The van der Waals surface area contributed by atoms with Gasteiger partial charge in [-0.2, -0.15) is 0 Å². The number of hydrogen-bond acceptors (Lipinski definition) is 7. The fourth-order valence-electron chi connectivity index (χ4n) is 3.62. The quantitative estimate of drug-likeness (QED) is 0.524. The number of amides is 4. The highest BCUT2D eigenvalue weighted by Crippen LogP contribution is 2.38. The molecule has 1 aromatic heterocycles. The van der Waals surface area contributed by atoms with Gasteiger partial charge in [-0.1, -0.05) is 12.1 Å². The van der Waals surface area contributed by atoms with E-state index in [0.717, 1.165) is 34.6 Å². The van der Waals surface area contributed by atoms with Crippen molar-refractivity contribution >= 4 is 45.9 Å². The number of primary amides is 1. The molecule has 4 rings (SSSR count). The van der Waals surface area contributed by atoms with Gasteiger partial charge in [0.25, 0.3) is 23.6 Å². The lowest BCUT2D eigenvalue weighted by Gasteiger charge is -2.13. The third-order valence-corrected chi connectivity index (χ3v) is 6.16. The highest BCUT2D eigenvalue weighted by atomic mass is 32.1. The number of thiophene rings is 1. The highest BCUT2D eigenvalue weighted by molar-refractivity contribution is 7.17. The molecule has 0 atom stereocenters. The summed E-state index contributed by atoms with van der Waals surface area (Å²) in [6.07, 6.45) is 2.49. The maximum Gasteiger partial charge on any atom is 0.326 e. The van der Waals surface area contributed by atoms with E-state index in [0.29, 0.717) is 10.6 Å². The Bertz CT molecular complexity index is 1070. The Hall–Kier alpha value is -3.53. The van der Waals surface area contributed by atoms with E-state index in [2.05, 4.69) is 5.32 Å². The summed E-state index contributed by atoms with van der Waals surface area (Å²) in [5.74, 6) is -3.34. The minimum Gasteiger partial charge on any atom is -0.454 e. The Labute approximate surface area is 174 Å². The summed E-state index contributed by atoms with van der Waals surface area (Å²) in [6, 6.07) is 6.25. The summed E-state index contributed by atoms with van der Waals surface area (Å²) in [5.41, 5.74) is 7.06. The highest BCUT2D eigenvalue weighted by Gasteiger charge is 2.36. The van der Waals surface area contributed by atoms with Crippen LogP contribution in [-0.4, -0.2) is 47.6 Å². The van der Waals surface area contributed by atoms with Gasteiger partial charge in [0.15, 0.2) is 6.61 Å². The number of carbonyl (C=O) groups excluding carboxylic acids is 5. The zero-order valence-electron chi connectivity index (χ0n) is 15.7. The number of carbonyl (C=O) groups is 5. The van der Waals surface area contributed by atoms with Gasteiger partial charge < -0.3 is 15.8 Å². The van der Waals surface area contributed by atoms with Crippen LogP contribution < -0.4 is 11.1 Å². The average Bonchev–Trinajstić information content (AvgIpc) is 3.35. The summed E-state index contributed by atoms with van der Waals surface area (Å²) >= 11 is 1.29. The number of nitrogens with two attached hydrogens (primary N) is 1. The number of aryl methyl sites for hydroxylation is 1. The van der Waals surface area contributed by atoms with Crippen molar-refractivity contribution in [3.63, 3.8) is 0 Å². The van der Waals surface area contributed by atoms with Crippen LogP contribution in [0.5, 0.6) is 0 Å². The number of ether oxygens (including phenoxy) is 1. The molecule has 0 saturated carbocycles. The van der Waals surface area contributed by atoms with Crippen LogP contribution in [0.1, 0.15) is 47.9 Å². The molecule has 10 heteroatoms.